The number of aryl methyl sites for hydroxylation is 2. The maximum atomic E-state index is 12.0. The van der Waals surface area contributed by atoms with Crippen molar-refractivity contribution in [2.75, 3.05) is 0 Å². The normalized spacial score (nSPS) is 10.8. The summed E-state index contributed by atoms with van der Waals surface area (Å²) >= 11 is 0. The number of aromatic nitrogens is 3. The monoisotopic (exact) mass is 297 g/mol. The van der Waals surface area contributed by atoms with Gasteiger partial charge in [-0.25, -0.2) is 4.98 Å². The Labute approximate surface area is 126 Å². The van der Waals surface area contributed by atoms with Crippen LogP contribution < -0.4 is 11.1 Å². The summed E-state index contributed by atoms with van der Waals surface area (Å²) in [5.41, 5.74) is 0.364. The van der Waals surface area contributed by atoms with Crippen molar-refractivity contribution in [2.45, 2.75) is 13.5 Å². The fourth-order valence-corrected chi connectivity index (χ4v) is 2.15. The Morgan fingerprint density at radius 2 is 1.82 bits per heavy atom. The second-order valence-corrected chi connectivity index (χ2v) is 5.04. The molecule has 0 amide bonds. The van der Waals surface area contributed by atoms with Crippen LogP contribution in [0.2, 0.25) is 0 Å². The summed E-state index contributed by atoms with van der Waals surface area (Å²) in [7, 11) is 1.54. The molecule has 1 aromatic carbocycles. The van der Waals surface area contributed by atoms with Crippen LogP contribution in [-0.4, -0.2) is 14.1 Å². The summed E-state index contributed by atoms with van der Waals surface area (Å²) < 4.78 is 8.25. The molecule has 22 heavy (non-hydrogen) atoms. The van der Waals surface area contributed by atoms with Crippen molar-refractivity contribution < 1.29 is 4.42 Å². The van der Waals surface area contributed by atoms with Crippen molar-refractivity contribution in [3.63, 3.8) is 0 Å². The van der Waals surface area contributed by atoms with Gasteiger partial charge in [-0.2, -0.15) is 0 Å². The first-order valence-corrected chi connectivity index (χ1v) is 6.84. The summed E-state index contributed by atoms with van der Waals surface area (Å²) in [4.78, 5) is 28.1. The lowest BCUT2D eigenvalue weighted by Gasteiger charge is -2.04. The van der Waals surface area contributed by atoms with Crippen molar-refractivity contribution in [3.8, 4) is 11.5 Å². The van der Waals surface area contributed by atoms with Gasteiger partial charge in [0.2, 0.25) is 5.89 Å². The van der Waals surface area contributed by atoms with Crippen molar-refractivity contribution >= 4 is 0 Å². The molecule has 6 nitrogen and oxygen atoms in total. The maximum absolute atomic E-state index is 12.0. The SMILES string of the molecule is Cc1oc(-c2ccccc2)nc1Cn1ccn(C)c(=O)c1=O. The highest BCUT2D eigenvalue weighted by Gasteiger charge is 2.13. The molecule has 0 unspecified atom stereocenters. The highest BCUT2D eigenvalue weighted by atomic mass is 16.4. The Morgan fingerprint density at radius 1 is 1.09 bits per heavy atom. The predicted molar refractivity (Wildman–Crippen MR) is 81.7 cm³/mol. The molecule has 0 bridgehead atoms. The predicted octanol–water partition coefficient (Wildman–Crippen LogP) is 1.56. The third-order valence-electron chi connectivity index (χ3n) is 3.47. The summed E-state index contributed by atoms with van der Waals surface area (Å²) in [6.07, 6.45) is 3.12. The molecule has 0 fully saturated rings. The standard InChI is InChI=1S/C16H15N3O3/c1-11-13(10-19-9-8-18(2)15(20)16(19)21)17-14(22-11)12-6-4-3-5-7-12/h3-9H,10H2,1-2H3. The van der Waals surface area contributed by atoms with E-state index in [2.05, 4.69) is 4.98 Å². The Kier molecular flexibility index (Phi) is 3.50. The molecule has 0 spiro atoms. The molecular formula is C16H15N3O3. The van der Waals surface area contributed by atoms with Gasteiger partial charge >= 0.3 is 11.1 Å². The van der Waals surface area contributed by atoms with Crippen LogP contribution in [0.25, 0.3) is 11.5 Å². The van der Waals surface area contributed by atoms with Gasteiger partial charge in [-0.15, -0.1) is 0 Å². The van der Waals surface area contributed by atoms with Gasteiger partial charge in [0.05, 0.1) is 6.54 Å². The van der Waals surface area contributed by atoms with Gasteiger partial charge in [0.1, 0.15) is 11.5 Å². The van der Waals surface area contributed by atoms with E-state index in [1.54, 1.807) is 26.4 Å². The number of hydrogen-bond donors (Lipinski definition) is 0. The van der Waals surface area contributed by atoms with Crippen LogP contribution in [0.15, 0.2) is 56.7 Å². The number of rotatable bonds is 3. The Balaban J connectivity index is 1.98. The highest BCUT2D eigenvalue weighted by molar-refractivity contribution is 5.53. The molecule has 0 saturated heterocycles. The molecule has 3 aromatic rings. The van der Waals surface area contributed by atoms with E-state index in [9.17, 15) is 9.59 Å². The molecule has 2 aromatic heterocycles. The van der Waals surface area contributed by atoms with Gasteiger partial charge in [-0.3, -0.25) is 9.59 Å². The first kappa shape index (κ1) is 14.1. The lowest BCUT2D eigenvalue weighted by Crippen LogP contribution is -2.39. The molecule has 112 valence electrons. The number of oxazole rings is 1. The van der Waals surface area contributed by atoms with Crippen LogP contribution in [0.5, 0.6) is 0 Å². The van der Waals surface area contributed by atoms with Gasteiger partial charge in [-0.05, 0) is 19.1 Å². The minimum absolute atomic E-state index is 0.205. The quantitative estimate of drug-likeness (QED) is 0.688. The molecule has 0 aliphatic carbocycles. The molecule has 0 N–H and O–H groups in total. The lowest BCUT2D eigenvalue weighted by atomic mass is 10.2. The van der Waals surface area contributed by atoms with Crippen LogP contribution in [0.3, 0.4) is 0 Å². The van der Waals surface area contributed by atoms with E-state index in [0.717, 1.165) is 5.56 Å². The Morgan fingerprint density at radius 3 is 2.55 bits per heavy atom. The van der Waals surface area contributed by atoms with Gasteiger partial charge in [-0.1, -0.05) is 18.2 Å². The molecule has 2 heterocycles. The molecule has 3 rings (SSSR count). The van der Waals surface area contributed by atoms with Crippen molar-refractivity contribution in [1.82, 2.24) is 14.1 Å². The largest absolute Gasteiger partial charge is 0.441 e. The maximum Gasteiger partial charge on any atom is 0.316 e. The van der Waals surface area contributed by atoms with Crippen LogP contribution >= 0.6 is 0 Å². The molecular weight excluding hydrogens is 282 g/mol. The van der Waals surface area contributed by atoms with E-state index in [1.165, 1.54) is 9.13 Å². The van der Waals surface area contributed by atoms with E-state index >= 15 is 0 Å². The van der Waals surface area contributed by atoms with Crippen LogP contribution in [0.4, 0.5) is 0 Å². The molecule has 0 atom stereocenters. The average Bonchev–Trinajstić information content (AvgIpc) is 2.90. The highest BCUT2D eigenvalue weighted by Crippen LogP contribution is 2.21. The molecule has 0 radical (unpaired) electrons. The minimum atomic E-state index is -0.575. The van der Waals surface area contributed by atoms with Crippen molar-refractivity contribution in [2.24, 2.45) is 7.05 Å². The Bertz CT molecular complexity index is 920. The minimum Gasteiger partial charge on any atom is -0.441 e. The molecule has 0 saturated carbocycles. The van der Waals surface area contributed by atoms with Crippen molar-refractivity contribution in [3.05, 3.63) is 74.9 Å². The van der Waals surface area contributed by atoms with Crippen LogP contribution in [0, 0.1) is 6.92 Å². The third kappa shape index (κ3) is 2.50. The second-order valence-electron chi connectivity index (χ2n) is 5.04. The Hall–Kier alpha value is -2.89. The van der Waals surface area contributed by atoms with Crippen LogP contribution in [0.1, 0.15) is 11.5 Å². The van der Waals surface area contributed by atoms with Gasteiger partial charge in [0.15, 0.2) is 0 Å². The fraction of sp³-hybridized carbons (Fsp3) is 0.188. The zero-order valence-corrected chi connectivity index (χ0v) is 12.3. The summed E-state index contributed by atoms with van der Waals surface area (Å²) in [5, 5.41) is 0. The van der Waals surface area contributed by atoms with Gasteiger partial charge in [0, 0.05) is 25.0 Å². The first-order chi connectivity index (χ1) is 10.6. The van der Waals surface area contributed by atoms with Gasteiger partial charge < -0.3 is 13.6 Å². The lowest BCUT2D eigenvalue weighted by molar-refractivity contribution is 0.537. The summed E-state index contributed by atoms with van der Waals surface area (Å²) in [6.45, 7) is 2.00. The average molecular weight is 297 g/mol. The molecule has 6 heteroatoms. The smallest absolute Gasteiger partial charge is 0.316 e. The number of benzene rings is 1. The van der Waals surface area contributed by atoms with E-state index in [0.29, 0.717) is 17.3 Å². The summed E-state index contributed by atoms with van der Waals surface area (Å²) in [5.74, 6) is 1.14. The zero-order valence-electron chi connectivity index (χ0n) is 12.3. The summed E-state index contributed by atoms with van der Waals surface area (Å²) in [6, 6.07) is 9.53. The molecule has 0 aliphatic rings. The number of hydrogen-bond acceptors (Lipinski definition) is 4. The van der Waals surface area contributed by atoms with E-state index in [-0.39, 0.29) is 6.54 Å². The van der Waals surface area contributed by atoms with E-state index < -0.39 is 11.1 Å². The molecule has 0 aliphatic heterocycles. The van der Waals surface area contributed by atoms with Gasteiger partial charge in [0.25, 0.3) is 0 Å². The first-order valence-electron chi connectivity index (χ1n) is 6.84. The van der Waals surface area contributed by atoms with E-state index in [1.807, 2.05) is 30.3 Å². The topological polar surface area (TPSA) is 70.0 Å². The third-order valence-corrected chi connectivity index (χ3v) is 3.47. The van der Waals surface area contributed by atoms with E-state index in [4.69, 9.17) is 4.42 Å². The number of nitrogens with zero attached hydrogens (tertiary/aromatic N) is 3. The fourth-order valence-electron chi connectivity index (χ4n) is 2.15. The van der Waals surface area contributed by atoms with Crippen molar-refractivity contribution in [1.29, 1.82) is 0 Å². The zero-order chi connectivity index (χ0) is 15.7. The second kappa shape index (κ2) is 5.48. The van der Waals surface area contributed by atoms with Crippen LogP contribution in [-0.2, 0) is 13.6 Å².